The highest BCUT2D eigenvalue weighted by Gasteiger charge is 2.26. The van der Waals surface area contributed by atoms with E-state index >= 15 is 0 Å². The van der Waals surface area contributed by atoms with E-state index in [1.54, 1.807) is 0 Å². The molecule has 0 radical (unpaired) electrons. The number of rotatable bonds is 7. The van der Waals surface area contributed by atoms with Gasteiger partial charge in [-0.2, -0.15) is 5.21 Å². The van der Waals surface area contributed by atoms with Gasteiger partial charge in [0.2, 0.25) is 0 Å². The van der Waals surface area contributed by atoms with Crippen molar-refractivity contribution in [3.8, 4) is 0 Å². The average Bonchev–Trinajstić information content (AvgIpc) is 3.25. The molecular formula is C21H27Cl3N6. The van der Waals surface area contributed by atoms with E-state index in [2.05, 4.69) is 72.9 Å². The molecule has 0 aliphatic carbocycles. The van der Waals surface area contributed by atoms with E-state index in [4.69, 9.17) is 11.6 Å². The van der Waals surface area contributed by atoms with Crippen LogP contribution in [0.4, 0.5) is 0 Å². The molecule has 9 heteroatoms. The van der Waals surface area contributed by atoms with Gasteiger partial charge in [0, 0.05) is 37.6 Å². The maximum Gasteiger partial charge on any atom is 0.174 e. The van der Waals surface area contributed by atoms with Crippen LogP contribution in [0.2, 0.25) is 5.02 Å². The van der Waals surface area contributed by atoms with E-state index in [-0.39, 0.29) is 30.9 Å². The molecule has 3 aromatic rings. The number of aromatic amines is 1. The summed E-state index contributed by atoms with van der Waals surface area (Å²) in [5.74, 6) is 0.797. The Morgan fingerprint density at radius 2 is 1.57 bits per heavy atom. The SMILES string of the molecule is Cl.Cl.Clc1ccc(C(c2ccccc2)N2CCN(CCCc3nn[nH]n3)CC2)cc1. The number of piperazine rings is 1. The number of halogens is 3. The van der Waals surface area contributed by atoms with Crippen molar-refractivity contribution in [2.75, 3.05) is 32.7 Å². The first kappa shape index (κ1) is 24.6. The molecule has 1 atom stereocenters. The van der Waals surface area contributed by atoms with Crippen molar-refractivity contribution in [3.63, 3.8) is 0 Å². The summed E-state index contributed by atoms with van der Waals surface area (Å²) >= 11 is 6.12. The molecule has 6 nitrogen and oxygen atoms in total. The van der Waals surface area contributed by atoms with Gasteiger partial charge in [-0.3, -0.25) is 4.90 Å². The highest BCUT2D eigenvalue weighted by molar-refractivity contribution is 6.30. The molecular weight excluding hydrogens is 443 g/mol. The van der Waals surface area contributed by atoms with E-state index in [1.165, 1.54) is 11.1 Å². The quantitative estimate of drug-likeness (QED) is 0.566. The number of nitrogens with zero attached hydrogens (tertiary/aromatic N) is 5. The van der Waals surface area contributed by atoms with Crippen molar-refractivity contribution < 1.29 is 0 Å². The predicted octanol–water partition coefficient (Wildman–Crippen LogP) is 4.04. The Morgan fingerprint density at radius 1 is 0.900 bits per heavy atom. The summed E-state index contributed by atoms with van der Waals surface area (Å²) in [5, 5.41) is 15.0. The zero-order valence-corrected chi connectivity index (χ0v) is 19.0. The van der Waals surface area contributed by atoms with Crippen molar-refractivity contribution in [2.24, 2.45) is 0 Å². The smallest absolute Gasteiger partial charge is 0.174 e. The van der Waals surface area contributed by atoms with Gasteiger partial charge in [-0.15, -0.1) is 35.0 Å². The lowest BCUT2D eigenvalue weighted by atomic mass is 9.96. The molecule has 1 aromatic heterocycles. The summed E-state index contributed by atoms with van der Waals surface area (Å²) in [7, 11) is 0. The molecule has 30 heavy (non-hydrogen) atoms. The van der Waals surface area contributed by atoms with Gasteiger partial charge in [0.25, 0.3) is 0 Å². The van der Waals surface area contributed by atoms with Crippen LogP contribution in [0.25, 0.3) is 0 Å². The molecule has 1 unspecified atom stereocenters. The first-order valence-corrected chi connectivity index (χ1v) is 10.2. The van der Waals surface area contributed by atoms with E-state index in [0.717, 1.165) is 56.4 Å². The standard InChI is InChI=1S/C21H25ClN6.2ClH/c22-19-10-8-18(9-11-19)21(17-5-2-1-3-6-17)28-15-13-27(14-16-28)12-4-7-20-23-25-26-24-20;;/h1-3,5-6,8-11,21H,4,7,12-16H2,(H,23,24,25,26);2*1H. The second-order valence-electron chi connectivity index (χ2n) is 7.17. The van der Waals surface area contributed by atoms with Crippen molar-refractivity contribution in [2.45, 2.75) is 18.9 Å². The van der Waals surface area contributed by atoms with E-state index in [0.29, 0.717) is 0 Å². The molecule has 2 aromatic carbocycles. The normalized spacial score (nSPS) is 15.8. The summed E-state index contributed by atoms with van der Waals surface area (Å²) in [6, 6.07) is 19.3. The van der Waals surface area contributed by atoms with Crippen LogP contribution < -0.4 is 0 Å². The Hall–Kier alpha value is -1.70. The Bertz CT molecular complexity index is 837. The number of aryl methyl sites for hydroxylation is 1. The number of benzene rings is 2. The molecule has 1 N–H and O–H groups in total. The van der Waals surface area contributed by atoms with Gasteiger partial charge in [0.15, 0.2) is 5.82 Å². The molecule has 0 amide bonds. The number of H-pyrrole nitrogens is 1. The largest absolute Gasteiger partial charge is 0.301 e. The number of aromatic nitrogens is 4. The van der Waals surface area contributed by atoms with Crippen LogP contribution in [0.3, 0.4) is 0 Å². The molecule has 1 aliphatic heterocycles. The van der Waals surface area contributed by atoms with E-state index in [9.17, 15) is 0 Å². The summed E-state index contributed by atoms with van der Waals surface area (Å²) in [6.07, 6.45) is 1.92. The molecule has 0 bridgehead atoms. The summed E-state index contributed by atoms with van der Waals surface area (Å²) in [4.78, 5) is 5.11. The molecule has 1 fully saturated rings. The molecule has 1 aliphatic rings. The maximum absolute atomic E-state index is 6.12. The monoisotopic (exact) mass is 468 g/mol. The zero-order chi connectivity index (χ0) is 19.2. The van der Waals surface area contributed by atoms with Crippen LogP contribution in [-0.4, -0.2) is 63.1 Å². The van der Waals surface area contributed by atoms with Gasteiger partial charge in [0.05, 0.1) is 6.04 Å². The summed E-state index contributed by atoms with van der Waals surface area (Å²) < 4.78 is 0. The Kier molecular flexibility index (Phi) is 10.0. The first-order chi connectivity index (χ1) is 13.8. The molecule has 0 spiro atoms. The average molecular weight is 470 g/mol. The third kappa shape index (κ3) is 6.40. The van der Waals surface area contributed by atoms with Gasteiger partial charge in [-0.05, 0) is 36.2 Å². The Balaban J connectivity index is 0.00000160. The van der Waals surface area contributed by atoms with Crippen molar-refractivity contribution in [3.05, 3.63) is 76.6 Å². The fraction of sp³-hybridized carbons (Fsp3) is 0.381. The van der Waals surface area contributed by atoms with Gasteiger partial charge in [-0.25, -0.2) is 0 Å². The van der Waals surface area contributed by atoms with Crippen LogP contribution in [0.1, 0.15) is 29.4 Å². The number of hydrogen-bond donors (Lipinski definition) is 1. The minimum Gasteiger partial charge on any atom is -0.301 e. The molecule has 1 saturated heterocycles. The van der Waals surface area contributed by atoms with Crippen LogP contribution >= 0.6 is 36.4 Å². The summed E-state index contributed by atoms with van der Waals surface area (Å²) in [5.41, 5.74) is 2.62. The second-order valence-corrected chi connectivity index (χ2v) is 7.61. The van der Waals surface area contributed by atoms with Gasteiger partial charge in [0.1, 0.15) is 0 Å². The number of nitrogens with one attached hydrogen (secondary N) is 1. The second kappa shape index (κ2) is 12.2. The maximum atomic E-state index is 6.12. The van der Waals surface area contributed by atoms with Crippen LogP contribution in [0.15, 0.2) is 54.6 Å². The highest BCUT2D eigenvalue weighted by Crippen LogP contribution is 2.30. The van der Waals surface area contributed by atoms with Gasteiger partial charge < -0.3 is 4.90 Å². The van der Waals surface area contributed by atoms with Crippen LogP contribution in [0, 0.1) is 0 Å². The fourth-order valence-electron chi connectivity index (χ4n) is 3.89. The minimum atomic E-state index is 0. The van der Waals surface area contributed by atoms with Crippen molar-refractivity contribution >= 4 is 36.4 Å². The first-order valence-electron chi connectivity index (χ1n) is 9.79. The molecule has 4 rings (SSSR count). The third-order valence-corrected chi connectivity index (χ3v) is 5.59. The van der Waals surface area contributed by atoms with Crippen molar-refractivity contribution in [1.82, 2.24) is 30.4 Å². The molecule has 162 valence electrons. The molecule has 2 heterocycles. The molecule has 0 saturated carbocycles. The zero-order valence-electron chi connectivity index (χ0n) is 16.7. The Labute approximate surface area is 194 Å². The lowest BCUT2D eigenvalue weighted by molar-refractivity contribution is 0.108. The summed E-state index contributed by atoms with van der Waals surface area (Å²) in [6.45, 7) is 5.31. The predicted molar refractivity (Wildman–Crippen MR) is 125 cm³/mol. The lowest BCUT2D eigenvalue weighted by Gasteiger charge is -2.39. The lowest BCUT2D eigenvalue weighted by Crippen LogP contribution is -2.48. The van der Waals surface area contributed by atoms with E-state index < -0.39 is 0 Å². The highest BCUT2D eigenvalue weighted by atomic mass is 35.5. The number of tetrazole rings is 1. The van der Waals surface area contributed by atoms with Crippen LogP contribution in [-0.2, 0) is 6.42 Å². The van der Waals surface area contributed by atoms with Crippen LogP contribution in [0.5, 0.6) is 0 Å². The van der Waals surface area contributed by atoms with E-state index in [1.807, 2.05) is 12.1 Å². The third-order valence-electron chi connectivity index (χ3n) is 5.34. The van der Waals surface area contributed by atoms with Gasteiger partial charge >= 0.3 is 0 Å². The minimum absolute atomic E-state index is 0. The Morgan fingerprint density at radius 3 is 2.20 bits per heavy atom. The topological polar surface area (TPSA) is 60.9 Å². The fourth-order valence-corrected chi connectivity index (χ4v) is 4.01. The number of hydrogen-bond acceptors (Lipinski definition) is 5. The van der Waals surface area contributed by atoms with Crippen molar-refractivity contribution in [1.29, 1.82) is 0 Å². The van der Waals surface area contributed by atoms with Gasteiger partial charge in [-0.1, -0.05) is 59.3 Å².